The highest BCUT2D eigenvalue weighted by Gasteiger charge is 2.11. The molecular weight excluding hydrogens is 186 g/mol. The lowest BCUT2D eigenvalue weighted by Crippen LogP contribution is -2.00. The van der Waals surface area contributed by atoms with Gasteiger partial charge >= 0.3 is 0 Å². The third-order valence-corrected chi connectivity index (χ3v) is 2.71. The lowest BCUT2D eigenvalue weighted by Gasteiger charge is -2.11. The number of rotatable bonds is 2. The van der Waals surface area contributed by atoms with Crippen molar-refractivity contribution >= 4 is 5.65 Å². The highest BCUT2D eigenvalue weighted by atomic mass is 15.3. The molecule has 0 saturated carbocycles. The summed E-state index contributed by atoms with van der Waals surface area (Å²) in [6.07, 6.45) is 3.68. The molecule has 0 aliphatic carbocycles. The Hall–Kier alpha value is -1.38. The summed E-state index contributed by atoms with van der Waals surface area (Å²) in [7, 11) is 0. The Bertz CT molecular complexity index is 469. The van der Waals surface area contributed by atoms with Crippen molar-refractivity contribution in [1.29, 1.82) is 0 Å². The van der Waals surface area contributed by atoms with E-state index in [-0.39, 0.29) is 0 Å². The molecule has 0 amide bonds. The summed E-state index contributed by atoms with van der Waals surface area (Å²) in [6.45, 7) is 8.77. The first kappa shape index (κ1) is 10.1. The molecule has 3 nitrogen and oxygen atoms in total. The molecule has 2 aromatic heterocycles. The Balaban J connectivity index is 2.69. The Kier molecular flexibility index (Phi) is 2.47. The highest BCUT2D eigenvalue weighted by Crippen LogP contribution is 2.23. The van der Waals surface area contributed by atoms with Gasteiger partial charge in [0.2, 0.25) is 0 Å². The van der Waals surface area contributed by atoms with E-state index in [0.717, 1.165) is 5.65 Å². The minimum absolute atomic E-state index is 0.482. The van der Waals surface area contributed by atoms with Gasteiger partial charge in [0.25, 0.3) is 0 Å². The maximum Gasteiger partial charge on any atom is 0.158 e. The van der Waals surface area contributed by atoms with E-state index in [2.05, 4.69) is 50.0 Å². The molecule has 80 valence electrons. The van der Waals surface area contributed by atoms with E-state index in [9.17, 15) is 0 Å². The van der Waals surface area contributed by atoms with Crippen LogP contribution < -0.4 is 0 Å². The largest absolute Gasteiger partial charge is 0.221 e. The standard InChI is InChI=1S/C12H17N3/c1-8(2)10-5-11(9(3)4)12-13-7-14-15(12)6-10/h5-9H,1-4H3. The van der Waals surface area contributed by atoms with Gasteiger partial charge in [-0.15, -0.1) is 0 Å². The summed E-state index contributed by atoms with van der Waals surface area (Å²) < 4.78 is 1.88. The monoisotopic (exact) mass is 203 g/mol. The number of aromatic nitrogens is 3. The van der Waals surface area contributed by atoms with Crippen LogP contribution in [0.3, 0.4) is 0 Å². The molecule has 0 aliphatic rings. The van der Waals surface area contributed by atoms with Crippen molar-refractivity contribution in [3.63, 3.8) is 0 Å². The van der Waals surface area contributed by atoms with Gasteiger partial charge in [-0.2, -0.15) is 5.10 Å². The Morgan fingerprint density at radius 2 is 1.87 bits per heavy atom. The Morgan fingerprint density at radius 1 is 1.13 bits per heavy atom. The molecule has 0 aromatic carbocycles. The first-order valence-electron chi connectivity index (χ1n) is 5.42. The average Bonchev–Trinajstić information content (AvgIpc) is 2.62. The van der Waals surface area contributed by atoms with Crippen LogP contribution in [0.4, 0.5) is 0 Å². The summed E-state index contributed by atoms with van der Waals surface area (Å²) >= 11 is 0. The van der Waals surface area contributed by atoms with Gasteiger partial charge in [-0.3, -0.25) is 0 Å². The molecule has 15 heavy (non-hydrogen) atoms. The maximum absolute atomic E-state index is 4.29. The summed E-state index contributed by atoms with van der Waals surface area (Å²) in [5.74, 6) is 1.01. The first-order chi connectivity index (χ1) is 7.09. The molecule has 2 rings (SSSR count). The van der Waals surface area contributed by atoms with Gasteiger partial charge in [-0.25, -0.2) is 9.50 Å². The quantitative estimate of drug-likeness (QED) is 0.751. The van der Waals surface area contributed by atoms with Crippen molar-refractivity contribution in [3.05, 3.63) is 29.7 Å². The van der Waals surface area contributed by atoms with Crippen molar-refractivity contribution < 1.29 is 0 Å². The summed E-state index contributed by atoms with van der Waals surface area (Å²) in [5.41, 5.74) is 3.57. The van der Waals surface area contributed by atoms with E-state index in [1.807, 2.05) is 4.52 Å². The number of hydrogen-bond acceptors (Lipinski definition) is 2. The molecule has 0 saturated heterocycles. The molecule has 0 spiro atoms. The van der Waals surface area contributed by atoms with Crippen LogP contribution in [0.15, 0.2) is 18.6 Å². The minimum atomic E-state index is 0.482. The van der Waals surface area contributed by atoms with Crippen LogP contribution in [-0.4, -0.2) is 14.6 Å². The molecule has 2 aromatic rings. The van der Waals surface area contributed by atoms with Crippen LogP contribution in [-0.2, 0) is 0 Å². The van der Waals surface area contributed by atoms with Crippen LogP contribution in [0.25, 0.3) is 5.65 Å². The zero-order chi connectivity index (χ0) is 11.0. The molecule has 0 radical (unpaired) electrons. The van der Waals surface area contributed by atoms with Crippen LogP contribution in [0, 0.1) is 0 Å². The van der Waals surface area contributed by atoms with Crippen LogP contribution in [0.1, 0.15) is 50.7 Å². The highest BCUT2D eigenvalue weighted by molar-refractivity contribution is 5.50. The minimum Gasteiger partial charge on any atom is -0.221 e. The predicted molar refractivity (Wildman–Crippen MR) is 61.2 cm³/mol. The smallest absolute Gasteiger partial charge is 0.158 e. The SMILES string of the molecule is CC(C)c1cc(C(C)C)c2ncnn2c1. The predicted octanol–water partition coefficient (Wildman–Crippen LogP) is 2.98. The fourth-order valence-corrected chi connectivity index (χ4v) is 1.71. The second-order valence-corrected chi connectivity index (χ2v) is 4.57. The molecule has 2 heterocycles. The van der Waals surface area contributed by atoms with Crippen molar-refractivity contribution in [2.75, 3.05) is 0 Å². The molecule has 0 atom stereocenters. The van der Waals surface area contributed by atoms with Gasteiger partial charge in [0.1, 0.15) is 6.33 Å². The van der Waals surface area contributed by atoms with E-state index in [4.69, 9.17) is 0 Å². The van der Waals surface area contributed by atoms with Gasteiger partial charge in [0.05, 0.1) is 0 Å². The van der Waals surface area contributed by atoms with Crippen LogP contribution in [0.2, 0.25) is 0 Å². The normalized spacial score (nSPS) is 11.9. The maximum atomic E-state index is 4.29. The van der Waals surface area contributed by atoms with Crippen molar-refractivity contribution in [3.8, 4) is 0 Å². The number of nitrogens with zero attached hydrogens (tertiary/aromatic N) is 3. The van der Waals surface area contributed by atoms with E-state index in [0.29, 0.717) is 11.8 Å². The lowest BCUT2D eigenvalue weighted by molar-refractivity contribution is 0.803. The van der Waals surface area contributed by atoms with E-state index >= 15 is 0 Å². The summed E-state index contributed by atoms with van der Waals surface area (Å²) in [4.78, 5) is 4.29. The molecule has 0 bridgehead atoms. The molecular formula is C12H17N3. The fourth-order valence-electron chi connectivity index (χ4n) is 1.71. The van der Waals surface area contributed by atoms with E-state index in [1.165, 1.54) is 11.1 Å². The van der Waals surface area contributed by atoms with Gasteiger partial charge in [0.15, 0.2) is 5.65 Å². The van der Waals surface area contributed by atoms with Gasteiger partial charge in [0, 0.05) is 6.20 Å². The second kappa shape index (κ2) is 3.65. The van der Waals surface area contributed by atoms with Gasteiger partial charge in [-0.05, 0) is 29.0 Å². The molecule has 3 heteroatoms. The fraction of sp³-hybridized carbons (Fsp3) is 0.500. The Morgan fingerprint density at radius 3 is 2.47 bits per heavy atom. The zero-order valence-corrected chi connectivity index (χ0v) is 9.73. The molecule has 0 fully saturated rings. The van der Waals surface area contributed by atoms with Crippen molar-refractivity contribution in [2.45, 2.75) is 39.5 Å². The second-order valence-electron chi connectivity index (χ2n) is 4.57. The number of fused-ring (bicyclic) bond motifs is 1. The topological polar surface area (TPSA) is 30.2 Å². The van der Waals surface area contributed by atoms with Crippen LogP contribution >= 0.6 is 0 Å². The van der Waals surface area contributed by atoms with Crippen molar-refractivity contribution in [2.24, 2.45) is 0 Å². The third-order valence-electron chi connectivity index (χ3n) is 2.71. The van der Waals surface area contributed by atoms with E-state index < -0.39 is 0 Å². The molecule has 0 unspecified atom stereocenters. The third kappa shape index (κ3) is 1.74. The molecule has 0 N–H and O–H groups in total. The average molecular weight is 203 g/mol. The lowest BCUT2D eigenvalue weighted by atomic mass is 9.98. The summed E-state index contributed by atoms with van der Waals surface area (Å²) in [6, 6.07) is 2.25. The Labute approximate surface area is 90.1 Å². The first-order valence-corrected chi connectivity index (χ1v) is 5.42. The zero-order valence-electron chi connectivity index (χ0n) is 9.73. The van der Waals surface area contributed by atoms with Gasteiger partial charge in [-0.1, -0.05) is 27.7 Å². The number of hydrogen-bond donors (Lipinski definition) is 0. The summed E-state index contributed by atoms with van der Waals surface area (Å²) in [5, 5.41) is 4.21. The van der Waals surface area contributed by atoms with Gasteiger partial charge < -0.3 is 0 Å². The van der Waals surface area contributed by atoms with Crippen molar-refractivity contribution in [1.82, 2.24) is 14.6 Å². The molecule has 0 aliphatic heterocycles. The van der Waals surface area contributed by atoms with E-state index in [1.54, 1.807) is 6.33 Å². The van der Waals surface area contributed by atoms with Crippen LogP contribution in [0.5, 0.6) is 0 Å². The number of pyridine rings is 1.